The number of benzene rings is 1. The van der Waals surface area contributed by atoms with Gasteiger partial charge in [0.1, 0.15) is 17.4 Å². The predicted molar refractivity (Wildman–Crippen MR) is 76.1 cm³/mol. The number of hydrogen-bond donors (Lipinski definition) is 2. The highest BCUT2D eigenvalue weighted by Crippen LogP contribution is 2.20. The van der Waals surface area contributed by atoms with E-state index in [-0.39, 0.29) is 6.42 Å². The van der Waals surface area contributed by atoms with Crippen molar-refractivity contribution >= 4 is 11.9 Å². The summed E-state index contributed by atoms with van der Waals surface area (Å²) in [6.07, 6.45) is -5.40. The standard InChI is InChI=1S/C15H18F3NO4/c1-14(2,3)23-10-6-4-9(5-7-10)8-11(12(20)21)19-13(22)15(16,17)18/h4-7,11H,8H2,1-3H3,(H,19,22)(H,20,21)/t11-/m1/s1. The lowest BCUT2D eigenvalue weighted by atomic mass is 10.1. The van der Waals surface area contributed by atoms with Gasteiger partial charge in [-0.25, -0.2) is 4.79 Å². The Kier molecular flexibility index (Phi) is 5.63. The van der Waals surface area contributed by atoms with E-state index in [1.54, 1.807) is 12.1 Å². The Bertz CT molecular complexity index is 562. The molecule has 0 heterocycles. The van der Waals surface area contributed by atoms with Gasteiger partial charge in [0.2, 0.25) is 0 Å². The number of carbonyl (C=O) groups is 2. The van der Waals surface area contributed by atoms with E-state index in [9.17, 15) is 22.8 Å². The topological polar surface area (TPSA) is 75.6 Å². The van der Waals surface area contributed by atoms with Crippen LogP contribution in [-0.2, 0) is 16.0 Å². The molecule has 0 fully saturated rings. The first kappa shape index (κ1) is 18.8. The molecule has 0 unspecified atom stereocenters. The lowest BCUT2D eigenvalue weighted by Gasteiger charge is -2.21. The van der Waals surface area contributed by atoms with Crippen LogP contribution in [0.5, 0.6) is 5.75 Å². The minimum atomic E-state index is -5.13. The molecule has 0 aliphatic rings. The number of carbonyl (C=O) groups excluding carboxylic acids is 1. The van der Waals surface area contributed by atoms with Crippen molar-refractivity contribution in [1.82, 2.24) is 5.32 Å². The maximum absolute atomic E-state index is 12.2. The molecule has 128 valence electrons. The van der Waals surface area contributed by atoms with Gasteiger partial charge in [0.05, 0.1) is 0 Å². The molecule has 5 nitrogen and oxygen atoms in total. The summed E-state index contributed by atoms with van der Waals surface area (Å²) in [4.78, 5) is 21.9. The van der Waals surface area contributed by atoms with Gasteiger partial charge >= 0.3 is 18.1 Å². The number of ether oxygens (including phenoxy) is 1. The van der Waals surface area contributed by atoms with Gasteiger partial charge in [0.15, 0.2) is 0 Å². The fourth-order valence-corrected chi connectivity index (χ4v) is 1.72. The average Bonchev–Trinajstić information content (AvgIpc) is 2.37. The molecule has 23 heavy (non-hydrogen) atoms. The van der Waals surface area contributed by atoms with Gasteiger partial charge in [0, 0.05) is 6.42 Å². The van der Waals surface area contributed by atoms with Gasteiger partial charge in [0.25, 0.3) is 0 Å². The zero-order valence-electron chi connectivity index (χ0n) is 12.9. The second-order valence-electron chi connectivity index (χ2n) is 5.92. The number of carboxylic acids is 1. The summed E-state index contributed by atoms with van der Waals surface area (Å²) in [5.74, 6) is -3.28. The monoisotopic (exact) mass is 333 g/mol. The van der Waals surface area contributed by atoms with E-state index in [4.69, 9.17) is 9.84 Å². The van der Waals surface area contributed by atoms with Gasteiger partial charge in [-0.3, -0.25) is 4.79 Å². The minimum Gasteiger partial charge on any atom is -0.488 e. The Morgan fingerprint density at radius 3 is 2.09 bits per heavy atom. The molecule has 0 saturated carbocycles. The van der Waals surface area contributed by atoms with E-state index < -0.39 is 29.7 Å². The molecule has 1 aromatic rings. The number of amides is 1. The van der Waals surface area contributed by atoms with Crippen molar-refractivity contribution in [2.24, 2.45) is 0 Å². The summed E-state index contributed by atoms with van der Waals surface area (Å²) in [7, 11) is 0. The summed E-state index contributed by atoms with van der Waals surface area (Å²) in [6, 6.07) is 4.59. The summed E-state index contributed by atoms with van der Waals surface area (Å²) >= 11 is 0. The minimum absolute atomic E-state index is 0.271. The molecular formula is C15H18F3NO4. The summed E-state index contributed by atoms with van der Waals surface area (Å²) < 4.78 is 42.2. The average molecular weight is 333 g/mol. The largest absolute Gasteiger partial charge is 0.488 e. The molecular weight excluding hydrogens is 315 g/mol. The number of nitrogens with one attached hydrogen (secondary N) is 1. The molecule has 0 aliphatic carbocycles. The van der Waals surface area contributed by atoms with E-state index in [1.165, 1.54) is 17.4 Å². The third-order valence-corrected chi connectivity index (χ3v) is 2.65. The molecule has 1 amide bonds. The van der Waals surface area contributed by atoms with E-state index in [0.717, 1.165) is 0 Å². The number of halogens is 3. The van der Waals surface area contributed by atoms with Crippen molar-refractivity contribution in [3.05, 3.63) is 29.8 Å². The Balaban J connectivity index is 2.78. The first-order valence-corrected chi connectivity index (χ1v) is 6.77. The van der Waals surface area contributed by atoms with Crippen LogP contribution < -0.4 is 10.1 Å². The zero-order valence-corrected chi connectivity index (χ0v) is 12.9. The normalized spacial score (nSPS) is 13.3. The molecule has 0 spiro atoms. The molecule has 2 N–H and O–H groups in total. The third kappa shape index (κ3) is 6.58. The molecule has 0 radical (unpaired) electrons. The Labute approximate surface area is 131 Å². The van der Waals surface area contributed by atoms with Crippen LogP contribution in [0.2, 0.25) is 0 Å². The molecule has 0 aromatic heterocycles. The Morgan fingerprint density at radius 2 is 1.70 bits per heavy atom. The highest BCUT2D eigenvalue weighted by Gasteiger charge is 2.40. The van der Waals surface area contributed by atoms with E-state index in [0.29, 0.717) is 11.3 Å². The maximum atomic E-state index is 12.2. The lowest BCUT2D eigenvalue weighted by molar-refractivity contribution is -0.175. The van der Waals surface area contributed by atoms with Crippen LogP contribution in [0.25, 0.3) is 0 Å². The summed E-state index contributed by atoms with van der Waals surface area (Å²) in [5.41, 5.74) is 0.0485. The van der Waals surface area contributed by atoms with Crippen LogP contribution in [0.1, 0.15) is 26.3 Å². The summed E-state index contributed by atoms with van der Waals surface area (Å²) in [5, 5.41) is 10.4. The third-order valence-electron chi connectivity index (χ3n) is 2.65. The fourth-order valence-electron chi connectivity index (χ4n) is 1.72. The Hall–Kier alpha value is -2.25. The Morgan fingerprint density at radius 1 is 1.17 bits per heavy atom. The molecule has 8 heteroatoms. The SMILES string of the molecule is CC(C)(C)Oc1ccc(C[C@@H](NC(=O)C(F)(F)F)C(=O)O)cc1. The summed E-state index contributed by atoms with van der Waals surface area (Å²) in [6.45, 7) is 5.57. The fraction of sp³-hybridized carbons (Fsp3) is 0.467. The van der Waals surface area contributed by atoms with Crippen LogP contribution in [0.4, 0.5) is 13.2 Å². The predicted octanol–water partition coefficient (Wildman–Crippen LogP) is 2.54. The van der Waals surface area contributed by atoms with Crippen LogP contribution in [0.3, 0.4) is 0 Å². The smallest absolute Gasteiger partial charge is 0.471 e. The highest BCUT2D eigenvalue weighted by atomic mass is 19.4. The molecule has 1 rings (SSSR count). The van der Waals surface area contributed by atoms with Crippen molar-refractivity contribution in [3.8, 4) is 5.75 Å². The molecule has 0 saturated heterocycles. The number of aliphatic carboxylic acids is 1. The highest BCUT2D eigenvalue weighted by molar-refractivity contribution is 5.87. The van der Waals surface area contributed by atoms with Crippen molar-refractivity contribution in [2.75, 3.05) is 0 Å². The quantitative estimate of drug-likeness (QED) is 0.868. The second kappa shape index (κ2) is 6.89. The number of hydrogen-bond acceptors (Lipinski definition) is 3. The molecule has 0 bridgehead atoms. The number of alkyl halides is 3. The molecule has 1 aromatic carbocycles. The zero-order chi connectivity index (χ0) is 17.8. The van der Waals surface area contributed by atoms with Gasteiger partial charge < -0.3 is 15.2 Å². The van der Waals surface area contributed by atoms with Gasteiger partial charge in [-0.2, -0.15) is 13.2 Å². The van der Waals surface area contributed by atoms with Crippen molar-refractivity contribution in [3.63, 3.8) is 0 Å². The van der Waals surface area contributed by atoms with Gasteiger partial charge in [-0.1, -0.05) is 12.1 Å². The number of rotatable bonds is 5. The van der Waals surface area contributed by atoms with Crippen molar-refractivity contribution in [2.45, 2.75) is 45.0 Å². The van der Waals surface area contributed by atoms with Crippen molar-refractivity contribution < 1.29 is 32.6 Å². The van der Waals surface area contributed by atoms with Crippen LogP contribution in [0.15, 0.2) is 24.3 Å². The second-order valence-corrected chi connectivity index (χ2v) is 5.92. The maximum Gasteiger partial charge on any atom is 0.471 e. The molecule has 1 atom stereocenters. The van der Waals surface area contributed by atoms with E-state index in [1.807, 2.05) is 20.8 Å². The van der Waals surface area contributed by atoms with Crippen molar-refractivity contribution in [1.29, 1.82) is 0 Å². The molecule has 0 aliphatic heterocycles. The number of carboxylic acid groups (broad SMARTS) is 1. The van der Waals surface area contributed by atoms with E-state index >= 15 is 0 Å². The van der Waals surface area contributed by atoms with Crippen LogP contribution in [-0.4, -0.2) is 34.8 Å². The van der Waals surface area contributed by atoms with Crippen LogP contribution >= 0.6 is 0 Å². The van der Waals surface area contributed by atoms with Crippen LogP contribution in [0, 0.1) is 0 Å². The first-order chi connectivity index (χ1) is 10.4. The van der Waals surface area contributed by atoms with Gasteiger partial charge in [-0.15, -0.1) is 0 Å². The van der Waals surface area contributed by atoms with E-state index in [2.05, 4.69) is 0 Å². The van der Waals surface area contributed by atoms with Gasteiger partial charge in [-0.05, 0) is 38.5 Å². The lowest BCUT2D eigenvalue weighted by Crippen LogP contribution is -2.47. The first-order valence-electron chi connectivity index (χ1n) is 6.77.